The first-order valence-electron chi connectivity index (χ1n) is 4.84. The van der Waals surface area contributed by atoms with Crippen LogP contribution in [-0.4, -0.2) is 11.6 Å². The summed E-state index contributed by atoms with van der Waals surface area (Å²) in [6.45, 7) is 1.33. The van der Waals surface area contributed by atoms with Crippen LogP contribution in [-0.2, 0) is 9.53 Å². The van der Waals surface area contributed by atoms with E-state index in [1.165, 1.54) is 6.92 Å². The van der Waals surface area contributed by atoms with Crippen LogP contribution in [0.2, 0.25) is 0 Å². The second-order valence-electron chi connectivity index (χ2n) is 3.76. The second kappa shape index (κ2) is 3.39. The summed E-state index contributed by atoms with van der Waals surface area (Å²) in [5.41, 5.74) is 0.146. The third kappa shape index (κ3) is 1.71. The molecule has 0 N–H and O–H groups in total. The first-order valence-corrected chi connectivity index (χ1v) is 4.84. The van der Waals surface area contributed by atoms with Crippen LogP contribution >= 0.6 is 0 Å². The van der Waals surface area contributed by atoms with E-state index in [-0.39, 0.29) is 5.92 Å². The Hall–Kier alpha value is -1.82. The highest BCUT2D eigenvalue weighted by Crippen LogP contribution is 2.53. The van der Waals surface area contributed by atoms with Gasteiger partial charge >= 0.3 is 5.97 Å². The van der Waals surface area contributed by atoms with Gasteiger partial charge in [0.25, 0.3) is 0 Å². The number of carbonyl (C=O) groups excluding carboxylic acids is 1. The number of nitrogens with zero attached hydrogens (tertiary/aromatic N) is 1. The lowest BCUT2D eigenvalue weighted by Crippen LogP contribution is -2.17. The van der Waals surface area contributed by atoms with Crippen LogP contribution in [0.15, 0.2) is 30.3 Å². The molecule has 1 aliphatic rings. The van der Waals surface area contributed by atoms with Crippen LogP contribution in [0.3, 0.4) is 0 Å². The average molecular weight is 201 g/mol. The van der Waals surface area contributed by atoms with Crippen molar-refractivity contribution >= 4 is 5.97 Å². The van der Waals surface area contributed by atoms with Crippen molar-refractivity contribution in [3.05, 3.63) is 35.9 Å². The van der Waals surface area contributed by atoms with Crippen molar-refractivity contribution in [2.75, 3.05) is 0 Å². The molecule has 0 unspecified atom stereocenters. The standard InChI is InChI=1S/C12H11NO2/c1-9(14)15-12(8-13)7-11(12)10-5-3-2-4-6-10/h2-6,11H,7H2,1H3/t11-,12+/m1/s1. The summed E-state index contributed by atoms with van der Waals surface area (Å²) in [4.78, 5) is 10.9. The normalized spacial score (nSPS) is 27.9. The van der Waals surface area contributed by atoms with Gasteiger partial charge in [0.1, 0.15) is 6.07 Å². The van der Waals surface area contributed by atoms with Crippen molar-refractivity contribution in [2.24, 2.45) is 0 Å². The zero-order valence-corrected chi connectivity index (χ0v) is 8.43. The SMILES string of the molecule is CC(=O)O[C@]1(C#N)C[C@@H]1c1ccccc1. The van der Waals surface area contributed by atoms with Crippen LogP contribution in [0.1, 0.15) is 24.8 Å². The number of hydrogen-bond donors (Lipinski definition) is 0. The highest BCUT2D eigenvalue weighted by atomic mass is 16.6. The van der Waals surface area contributed by atoms with Gasteiger partial charge in [0.05, 0.1) is 0 Å². The average Bonchev–Trinajstić information content (AvgIpc) is 2.94. The zero-order chi connectivity index (χ0) is 10.9. The Morgan fingerprint density at radius 3 is 2.73 bits per heavy atom. The summed E-state index contributed by atoms with van der Waals surface area (Å²) in [5, 5.41) is 9.01. The quantitative estimate of drug-likeness (QED) is 0.687. The van der Waals surface area contributed by atoms with Crippen molar-refractivity contribution in [1.82, 2.24) is 0 Å². The molecule has 76 valence electrons. The summed E-state index contributed by atoms with van der Waals surface area (Å²) in [7, 11) is 0. The van der Waals surface area contributed by atoms with Crippen LogP contribution in [0.5, 0.6) is 0 Å². The number of esters is 1. The van der Waals surface area contributed by atoms with Gasteiger partial charge in [-0.2, -0.15) is 5.26 Å². The van der Waals surface area contributed by atoms with E-state index in [0.717, 1.165) is 5.56 Å². The Bertz CT molecular complexity index is 421. The van der Waals surface area contributed by atoms with E-state index in [0.29, 0.717) is 6.42 Å². The Morgan fingerprint density at radius 1 is 1.53 bits per heavy atom. The minimum absolute atomic E-state index is 0.0348. The smallest absolute Gasteiger partial charge is 0.304 e. The van der Waals surface area contributed by atoms with Crippen molar-refractivity contribution in [3.8, 4) is 6.07 Å². The zero-order valence-electron chi connectivity index (χ0n) is 8.43. The Kier molecular flexibility index (Phi) is 2.20. The molecule has 0 radical (unpaired) electrons. The molecular formula is C12H11NO2. The van der Waals surface area contributed by atoms with Gasteiger partial charge in [-0.25, -0.2) is 0 Å². The predicted molar refractivity (Wildman–Crippen MR) is 53.9 cm³/mol. The molecule has 15 heavy (non-hydrogen) atoms. The Balaban J connectivity index is 2.17. The number of nitriles is 1. The second-order valence-corrected chi connectivity index (χ2v) is 3.76. The summed E-state index contributed by atoms with van der Waals surface area (Å²) in [6.07, 6.45) is 0.604. The van der Waals surface area contributed by atoms with Gasteiger partial charge in [0.2, 0.25) is 5.60 Å². The molecule has 1 aromatic carbocycles. The van der Waals surface area contributed by atoms with Gasteiger partial charge in [-0.1, -0.05) is 30.3 Å². The third-order valence-corrected chi connectivity index (χ3v) is 2.63. The maximum Gasteiger partial charge on any atom is 0.304 e. The van der Waals surface area contributed by atoms with Crippen molar-refractivity contribution in [1.29, 1.82) is 5.26 Å². The largest absolute Gasteiger partial charge is 0.443 e. The van der Waals surface area contributed by atoms with E-state index < -0.39 is 11.6 Å². The van der Waals surface area contributed by atoms with E-state index in [1.807, 2.05) is 30.3 Å². The molecule has 0 heterocycles. The topological polar surface area (TPSA) is 50.1 Å². The van der Waals surface area contributed by atoms with Crippen molar-refractivity contribution < 1.29 is 9.53 Å². The van der Waals surface area contributed by atoms with Gasteiger partial charge in [0.15, 0.2) is 0 Å². The lowest BCUT2D eigenvalue weighted by molar-refractivity contribution is -0.145. The fourth-order valence-electron chi connectivity index (χ4n) is 1.83. The number of rotatable bonds is 2. The molecule has 1 saturated carbocycles. The molecule has 0 aromatic heterocycles. The first-order chi connectivity index (χ1) is 7.18. The maximum atomic E-state index is 10.9. The number of hydrogen-bond acceptors (Lipinski definition) is 3. The van der Waals surface area contributed by atoms with Crippen LogP contribution in [0, 0.1) is 11.3 Å². The Morgan fingerprint density at radius 2 is 2.20 bits per heavy atom. The summed E-state index contributed by atoms with van der Waals surface area (Å²) in [6, 6.07) is 11.8. The van der Waals surface area contributed by atoms with Crippen LogP contribution in [0.4, 0.5) is 0 Å². The highest BCUT2D eigenvalue weighted by molar-refractivity contribution is 5.68. The van der Waals surface area contributed by atoms with Gasteiger partial charge in [-0.3, -0.25) is 4.79 Å². The molecule has 3 nitrogen and oxygen atoms in total. The van der Waals surface area contributed by atoms with Crippen LogP contribution in [0.25, 0.3) is 0 Å². The molecule has 0 saturated heterocycles. The van der Waals surface area contributed by atoms with E-state index in [9.17, 15) is 4.79 Å². The fraction of sp³-hybridized carbons (Fsp3) is 0.333. The van der Waals surface area contributed by atoms with Gasteiger partial charge in [-0.05, 0) is 5.56 Å². The number of carbonyl (C=O) groups is 1. The van der Waals surface area contributed by atoms with Gasteiger partial charge < -0.3 is 4.74 Å². The third-order valence-electron chi connectivity index (χ3n) is 2.63. The minimum atomic E-state index is -0.910. The van der Waals surface area contributed by atoms with E-state index in [2.05, 4.69) is 6.07 Å². The molecule has 0 aliphatic heterocycles. The molecular weight excluding hydrogens is 190 g/mol. The Labute approximate surface area is 88.3 Å². The monoisotopic (exact) mass is 201 g/mol. The molecule has 1 aliphatic carbocycles. The summed E-state index contributed by atoms with van der Waals surface area (Å²) in [5.74, 6) is -0.359. The first kappa shape index (κ1) is 9.72. The molecule has 1 fully saturated rings. The lowest BCUT2D eigenvalue weighted by Gasteiger charge is -2.08. The number of ether oxygens (including phenoxy) is 1. The van der Waals surface area contributed by atoms with Crippen LogP contribution < -0.4 is 0 Å². The van der Waals surface area contributed by atoms with E-state index in [1.54, 1.807) is 0 Å². The van der Waals surface area contributed by atoms with E-state index in [4.69, 9.17) is 10.00 Å². The maximum absolute atomic E-state index is 10.9. The fourth-order valence-corrected chi connectivity index (χ4v) is 1.83. The number of benzene rings is 1. The molecule has 0 amide bonds. The molecule has 3 heteroatoms. The molecule has 0 bridgehead atoms. The van der Waals surface area contributed by atoms with E-state index >= 15 is 0 Å². The molecule has 2 atom stereocenters. The lowest BCUT2D eigenvalue weighted by atomic mass is 10.1. The minimum Gasteiger partial charge on any atom is -0.443 e. The van der Waals surface area contributed by atoms with Crippen molar-refractivity contribution in [3.63, 3.8) is 0 Å². The summed E-state index contributed by atoms with van der Waals surface area (Å²) < 4.78 is 5.06. The summed E-state index contributed by atoms with van der Waals surface area (Å²) >= 11 is 0. The molecule has 2 rings (SSSR count). The highest BCUT2D eigenvalue weighted by Gasteiger charge is 2.59. The molecule has 0 spiro atoms. The van der Waals surface area contributed by atoms with Crippen molar-refractivity contribution in [2.45, 2.75) is 24.9 Å². The van der Waals surface area contributed by atoms with Gasteiger partial charge in [-0.15, -0.1) is 0 Å². The molecule has 1 aromatic rings. The van der Waals surface area contributed by atoms with Gasteiger partial charge in [0, 0.05) is 19.3 Å². The predicted octanol–water partition coefficient (Wildman–Crippen LogP) is 2.00.